The van der Waals surface area contributed by atoms with Crippen LogP contribution in [0.4, 0.5) is 0 Å². The number of hydrogen-bond acceptors (Lipinski definition) is 8. The lowest BCUT2D eigenvalue weighted by molar-refractivity contribution is -0.135. The smallest absolute Gasteiger partial charge is 0.391 e. The van der Waals surface area contributed by atoms with Gasteiger partial charge in [0.2, 0.25) is 0 Å². The SMILES string of the molecule is C[C@@H](O)[C@@H](O)[C@H](O)[C@@H](OP(=O)(O)O)C(=O)S(=O)(=O)O. The van der Waals surface area contributed by atoms with Crippen molar-refractivity contribution < 1.29 is 52.0 Å². The molecule has 0 heterocycles. The van der Waals surface area contributed by atoms with Crippen molar-refractivity contribution >= 4 is 23.1 Å². The van der Waals surface area contributed by atoms with Crippen LogP contribution in [-0.4, -0.2) is 67.6 Å². The van der Waals surface area contributed by atoms with Gasteiger partial charge in [-0.05, 0) is 6.92 Å². The van der Waals surface area contributed by atoms with E-state index in [9.17, 15) is 28.0 Å². The van der Waals surface area contributed by atoms with Crippen LogP contribution in [0, 0.1) is 0 Å². The zero-order chi connectivity index (χ0) is 15.6. The normalized spacial score (nSPS) is 19.5. The first kappa shape index (κ1) is 18.6. The van der Waals surface area contributed by atoms with Gasteiger partial charge >= 0.3 is 23.1 Å². The molecule has 0 rings (SSSR count). The van der Waals surface area contributed by atoms with Crippen LogP contribution in [0.25, 0.3) is 0 Å². The van der Waals surface area contributed by atoms with Gasteiger partial charge in [-0.2, -0.15) is 8.42 Å². The number of aliphatic hydroxyl groups is 3. The lowest BCUT2D eigenvalue weighted by Crippen LogP contribution is -2.49. The molecule has 114 valence electrons. The van der Waals surface area contributed by atoms with Crippen LogP contribution in [0.15, 0.2) is 0 Å². The maximum atomic E-state index is 11.2. The summed E-state index contributed by atoms with van der Waals surface area (Å²) in [5.74, 6) is 0. The Morgan fingerprint density at radius 1 is 1.16 bits per heavy atom. The molecular formula is C6H13O11PS. The third kappa shape index (κ3) is 6.03. The maximum Gasteiger partial charge on any atom is 0.470 e. The summed E-state index contributed by atoms with van der Waals surface area (Å²) in [5, 5.41) is 25.3. The van der Waals surface area contributed by atoms with Gasteiger partial charge in [-0.15, -0.1) is 0 Å². The van der Waals surface area contributed by atoms with E-state index in [-0.39, 0.29) is 0 Å². The third-order valence-electron chi connectivity index (χ3n) is 1.89. The van der Waals surface area contributed by atoms with Gasteiger partial charge in [0.05, 0.1) is 6.10 Å². The number of rotatable bonds is 6. The molecule has 0 saturated heterocycles. The van der Waals surface area contributed by atoms with Crippen LogP contribution in [0.2, 0.25) is 0 Å². The molecule has 0 fully saturated rings. The summed E-state index contributed by atoms with van der Waals surface area (Å²) in [7, 11) is -10.9. The molecule has 0 aliphatic rings. The first-order chi connectivity index (χ1) is 8.27. The summed E-state index contributed by atoms with van der Waals surface area (Å²) in [6.07, 6.45) is -9.10. The molecular weight excluding hydrogens is 311 g/mol. The largest absolute Gasteiger partial charge is 0.470 e. The van der Waals surface area contributed by atoms with Crippen molar-refractivity contribution in [3.05, 3.63) is 0 Å². The van der Waals surface area contributed by atoms with E-state index in [1.54, 1.807) is 0 Å². The van der Waals surface area contributed by atoms with Crippen LogP contribution in [-0.2, 0) is 24.0 Å². The van der Waals surface area contributed by atoms with Crippen molar-refractivity contribution in [3.63, 3.8) is 0 Å². The highest BCUT2D eigenvalue weighted by molar-refractivity contribution is 8.01. The number of phosphoric acid groups is 1. The molecule has 0 aromatic rings. The minimum atomic E-state index is -5.44. The Morgan fingerprint density at radius 2 is 1.58 bits per heavy atom. The van der Waals surface area contributed by atoms with Crippen molar-refractivity contribution in [2.75, 3.05) is 0 Å². The second-order valence-electron chi connectivity index (χ2n) is 3.53. The van der Waals surface area contributed by atoms with Gasteiger partial charge in [0.1, 0.15) is 12.2 Å². The summed E-state index contributed by atoms with van der Waals surface area (Å²) in [4.78, 5) is 28.1. The molecule has 4 atom stereocenters. The van der Waals surface area contributed by atoms with Crippen molar-refractivity contribution in [2.45, 2.75) is 31.3 Å². The fourth-order valence-corrected chi connectivity index (χ4v) is 2.07. The van der Waals surface area contributed by atoms with Gasteiger partial charge in [-0.1, -0.05) is 0 Å². The lowest BCUT2D eigenvalue weighted by Gasteiger charge is -2.26. The zero-order valence-corrected chi connectivity index (χ0v) is 11.1. The van der Waals surface area contributed by atoms with E-state index in [4.69, 9.17) is 19.4 Å². The van der Waals surface area contributed by atoms with Crippen LogP contribution in [0.5, 0.6) is 0 Å². The Bertz CT molecular complexity index is 464. The van der Waals surface area contributed by atoms with Gasteiger partial charge in [0.15, 0.2) is 6.10 Å². The summed E-state index contributed by atoms with van der Waals surface area (Å²) in [6.45, 7) is 0.945. The summed E-state index contributed by atoms with van der Waals surface area (Å²) < 4.78 is 43.9. The van der Waals surface area contributed by atoms with E-state index in [2.05, 4.69) is 4.52 Å². The fourth-order valence-electron chi connectivity index (χ4n) is 1.00. The van der Waals surface area contributed by atoms with Crippen molar-refractivity contribution in [3.8, 4) is 0 Å². The van der Waals surface area contributed by atoms with Gasteiger partial charge in [0, 0.05) is 0 Å². The van der Waals surface area contributed by atoms with Crippen molar-refractivity contribution in [2.24, 2.45) is 0 Å². The van der Waals surface area contributed by atoms with Crippen LogP contribution >= 0.6 is 7.82 Å². The standard InChI is InChI=1S/C6H13O11PS/c1-2(7)3(8)4(9)5(17-18(11,12)13)6(10)19(14,15)16/h2-5,7-9H,1H3,(H2,11,12,13)(H,14,15,16)/t2-,3-,4+,5-/m1/s1. The molecule has 0 amide bonds. The second-order valence-corrected chi connectivity index (χ2v) is 6.08. The highest BCUT2D eigenvalue weighted by Gasteiger charge is 2.44. The molecule has 0 spiro atoms. The highest BCUT2D eigenvalue weighted by atomic mass is 32.2. The zero-order valence-electron chi connectivity index (χ0n) is 9.39. The molecule has 0 aromatic carbocycles. The first-order valence-corrected chi connectivity index (χ1v) is 7.54. The summed E-state index contributed by atoms with van der Waals surface area (Å²) in [6, 6.07) is 0. The van der Waals surface area contributed by atoms with Crippen LogP contribution < -0.4 is 0 Å². The predicted octanol–water partition coefficient (Wildman–Crippen LogP) is -3.02. The quantitative estimate of drug-likeness (QED) is 0.214. The molecule has 11 nitrogen and oxygen atoms in total. The average Bonchev–Trinajstić information content (AvgIpc) is 2.20. The topological polar surface area (TPSA) is 199 Å². The molecule has 0 bridgehead atoms. The van der Waals surface area contributed by atoms with Crippen LogP contribution in [0.3, 0.4) is 0 Å². The summed E-state index contributed by atoms with van der Waals surface area (Å²) in [5.41, 5.74) is 0. The number of carbonyl (C=O) groups excluding carboxylic acids is 1. The Morgan fingerprint density at radius 3 is 1.84 bits per heavy atom. The first-order valence-electron chi connectivity index (χ1n) is 4.57. The summed E-state index contributed by atoms with van der Waals surface area (Å²) >= 11 is 0. The lowest BCUT2D eigenvalue weighted by atomic mass is 10.1. The molecule has 0 unspecified atom stereocenters. The molecule has 19 heavy (non-hydrogen) atoms. The van der Waals surface area contributed by atoms with E-state index >= 15 is 0 Å². The molecule has 0 aromatic heterocycles. The molecule has 0 saturated carbocycles. The number of aliphatic hydroxyl groups excluding tert-OH is 3. The Kier molecular flexibility index (Phi) is 6.20. The molecule has 0 aliphatic carbocycles. The molecule has 13 heteroatoms. The van der Waals surface area contributed by atoms with E-state index < -0.39 is 47.5 Å². The Balaban J connectivity index is 5.42. The minimum absolute atomic E-state index is 0.945. The van der Waals surface area contributed by atoms with E-state index in [1.807, 2.05) is 0 Å². The third-order valence-corrected chi connectivity index (χ3v) is 3.13. The number of phosphoric ester groups is 1. The predicted molar refractivity (Wildman–Crippen MR) is 57.2 cm³/mol. The van der Waals surface area contributed by atoms with E-state index in [1.165, 1.54) is 0 Å². The number of hydrogen-bond donors (Lipinski definition) is 6. The molecule has 0 aliphatic heterocycles. The highest BCUT2D eigenvalue weighted by Crippen LogP contribution is 2.39. The number of carbonyl (C=O) groups is 1. The van der Waals surface area contributed by atoms with Crippen molar-refractivity contribution in [1.82, 2.24) is 0 Å². The van der Waals surface area contributed by atoms with Crippen molar-refractivity contribution in [1.29, 1.82) is 0 Å². The van der Waals surface area contributed by atoms with Gasteiger partial charge < -0.3 is 25.1 Å². The Labute approximate surface area is 107 Å². The monoisotopic (exact) mass is 324 g/mol. The molecule has 6 N–H and O–H groups in total. The minimum Gasteiger partial charge on any atom is -0.391 e. The Hall–Kier alpha value is -0.430. The van der Waals surface area contributed by atoms with E-state index in [0.29, 0.717) is 0 Å². The van der Waals surface area contributed by atoms with E-state index in [0.717, 1.165) is 6.92 Å². The van der Waals surface area contributed by atoms with Gasteiger partial charge in [-0.25, -0.2) is 4.57 Å². The van der Waals surface area contributed by atoms with Gasteiger partial charge in [-0.3, -0.25) is 13.9 Å². The fraction of sp³-hybridized carbons (Fsp3) is 0.833. The average molecular weight is 324 g/mol. The molecule has 0 radical (unpaired) electrons. The van der Waals surface area contributed by atoms with Crippen LogP contribution in [0.1, 0.15) is 6.92 Å². The van der Waals surface area contributed by atoms with Gasteiger partial charge in [0.25, 0.3) is 0 Å². The maximum absolute atomic E-state index is 11.2. The second kappa shape index (κ2) is 6.35.